The molecule has 1 heterocycles. The van der Waals surface area contributed by atoms with Gasteiger partial charge in [-0.15, -0.1) is 0 Å². The van der Waals surface area contributed by atoms with E-state index in [0.717, 1.165) is 25.0 Å². The molecule has 0 N–H and O–H groups in total. The molecule has 0 spiro atoms. The van der Waals surface area contributed by atoms with Crippen LogP contribution in [0.3, 0.4) is 0 Å². The fourth-order valence-electron chi connectivity index (χ4n) is 3.61. The van der Waals surface area contributed by atoms with Crippen LogP contribution in [-0.4, -0.2) is 31.0 Å². The van der Waals surface area contributed by atoms with Gasteiger partial charge in [0.15, 0.2) is 0 Å². The van der Waals surface area contributed by atoms with Crippen molar-refractivity contribution in [3.8, 4) is 5.75 Å². The number of methoxy groups -OCH3 is 1. The Morgan fingerprint density at radius 2 is 2.28 bits per heavy atom. The highest BCUT2D eigenvalue weighted by molar-refractivity contribution is 5.92. The highest BCUT2D eigenvalue weighted by atomic mass is 16.5. The molecule has 0 radical (unpaired) electrons. The molecular weight excluding hydrogens is 226 g/mol. The second-order valence-electron chi connectivity index (χ2n) is 5.44. The zero-order valence-electron chi connectivity index (χ0n) is 11.2. The number of carbonyl (C=O) groups is 1. The molecule has 18 heavy (non-hydrogen) atoms. The molecule has 1 fully saturated rings. The maximum atomic E-state index is 12.6. The predicted molar refractivity (Wildman–Crippen MR) is 69.8 cm³/mol. The summed E-state index contributed by atoms with van der Waals surface area (Å²) in [7, 11) is 3.61. The lowest BCUT2D eigenvalue weighted by Gasteiger charge is -2.31. The van der Waals surface area contributed by atoms with Gasteiger partial charge in [0.25, 0.3) is 0 Å². The number of likely N-dealkylation sites (N-methyl/N-ethyl adjacent to an activating group) is 1. The SMILES string of the molecule is CC[C@@]12C[C@@H](Cc3ccc(OC)cc31)N(C)C2=O. The van der Waals surface area contributed by atoms with E-state index in [2.05, 4.69) is 19.1 Å². The highest BCUT2D eigenvalue weighted by Gasteiger charge is 2.53. The summed E-state index contributed by atoms with van der Waals surface area (Å²) >= 11 is 0. The largest absolute Gasteiger partial charge is 0.497 e. The minimum atomic E-state index is -0.304. The van der Waals surface area contributed by atoms with Gasteiger partial charge in [-0.3, -0.25) is 4.79 Å². The number of benzene rings is 1. The third-order valence-corrected chi connectivity index (χ3v) is 4.75. The standard InChI is InChI=1S/C15H19NO2/c1-4-15-9-11(16(2)14(15)17)7-10-5-6-12(18-3)8-13(10)15/h5-6,8,11H,4,7,9H2,1-3H3/t11-,15-/m1/s1. The van der Waals surface area contributed by atoms with Crippen LogP contribution >= 0.6 is 0 Å². The second kappa shape index (κ2) is 3.74. The van der Waals surface area contributed by atoms with Crippen molar-refractivity contribution in [2.75, 3.05) is 14.2 Å². The van der Waals surface area contributed by atoms with Gasteiger partial charge in [0.1, 0.15) is 5.75 Å². The van der Waals surface area contributed by atoms with Crippen LogP contribution in [-0.2, 0) is 16.6 Å². The van der Waals surface area contributed by atoms with Gasteiger partial charge < -0.3 is 9.64 Å². The molecule has 1 aliphatic carbocycles. The summed E-state index contributed by atoms with van der Waals surface area (Å²) in [6, 6.07) is 6.55. The van der Waals surface area contributed by atoms with Crippen molar-refractivity contribution >= 4 is 5.91 Å². The molecule has 1 aromatic rings. The molecule has 3 heteroatoms. The zero-order chi connectivity index (χ0) is 12.9. The summed E-state index contributed by atoms with van der Waals surface area (Å²) in [5.41, 5.74) is 2.20. The minimum Gasteiger partial charge on any atom is -0.497 e. The number of ether oxygens (including phenoxy) is 1. The molecular formula is C15H19NO2. The Morgan fingerprint density at radius 3 is 2.94 bits per heavy atom. The number of amides is 1. The first-order valence-corrected chi connectivity index (χ1v) is 6.57. The molecule has 2 bridgehead atoms. The number of fused-ring (bicyclic) bond motifs is 4. The molecule has 96 valence electrons. The molecule has 2 aliphatic rings. The van der Waals surface area contributed by atoms with Crippen molar-refractivity contribution in [2.24, 2.45) is 0 Å². The molecule has 1 amide bonds. The Bertz CT molecular complexity index is 511. The van der Waals surface area contributed by atoms with Crippen LogP contribution < -0.4 is 4.74 Å². The van der Waals surface area contributed by atoms with Crippen LogP contribution in [0.5, 0.6) is 5.75 Å². The molecule has 0 aromatic heterocycles. The number of nitrogens with zero attached hydrogens (tertiary/aromatic N) is 1. The molecule has 3 nitrogen and oxygen atoms in total. The van der Waals surface area contributed by atoms with Crippen LogP contribution in [0, 0.1) is 0 Å². The van der Waals surface area contributed by atoms with Crippen LogP contribution in [0.4, 0.5) is 0 Å². The summed E-state index contributed by atoms with van der Waals surface area (Å²) in [6.07, 6.45) is 2.80. The Hall–Kier alpha value is -1.51. The Balaban J connectivity index is 2.20. The van der Waals surface area contributed by atoms with Crippen LogP contribution in [0.25, 0.3) is 0 Å². The molecule has 1 aromatic carbocycles. The summed E-state index contributed by atoms with van der Waals surface area (Å²) in [5, 5.41) is 0. The van der Waals surface area contributed by atoms with Crippen molar-refractivity contribution < 1.29 is 9.53 Å². The van der Waals surface area contributed by atoms with E-state index in [9.17, 15) is 4.79 Å². The van der Waals surface area contributed by atoms with E-state index in [4.69, 9.17) is 4.74 Å². The first kappa shape index (κ1) is 11.6. The van der Waals surface area contributed by atoms with Gasteiger partial charge in [0, 0.05) is 13.1 Å². The maximum Gasteiger partial charge on any atom is 0.233 e. The number of likely N-dealkylation sites (tertiary alicyclic amines) is 1. The van der Waals surface area contributed by atoms with E-state index in [1.807, 2.05) is 18.0 Å². The summed E-state index contributed by atoms with van der Waals surface area (Å²) in [4.78, 5) is 14.5. The molecule has 1 aliphatic heterocycles. The number of carbonyl (C=O) groups excluding carboxylic acids is 1. The van der Waals surface area contributed by atoms with Gasteiger partial charge >= 0.3 is 0 Å². The molecule has 3 rings (SSSR count). The van der Waals surface area contributed by atoms with Crippen LogP contribution in [0.1, 0.15) is 30.9 Å². The smallest absolute Gasteiger partial charge is 0.233 e. The average molecular weight is 245 g/mol. The first-order chi connectivity index (χ1) is 8.62. The third-order valence-electron chi connectivity index (χ3n) is 4.75. The monoisotopic (exact) mass is 245 g/mol. The second-order valence-corrected chi connectivity index (χ2v) is 5.44. The minimum absolute atomic E-state index is 0.280. The normalized spacial score (nSPS) is 29.4. The van der Waals surface area contributed by atoms with Crippen LogP contribution in [0.2, 0.25) is 0 Å². The molecule has 0 unspecified atom stereocenters. The molecule has 0 saturated carbocycles. The van der Waals surface area contributed by atoms with Crippen molar-refractivity contribution in [3.05, 3.63) is 29.3 Å². The number of rotatable bonds is 2. The lowest BCUT2D eigenvalue weighted by molar-refractivity contribution is -0.132. The van der Waals surface area contributed by atoms with Gasteiger partial charge in [0.05, 0.1) is 12.5 Å². The molecule has 2 atom stereocenters. The van der Waals surface area contributed by atoms with E-state index in [-0.39, 0.29) is 11.3 Å². The topological polar surface area (TPSA) is 29.5 Å². The maximum absolute atomic E-state index is 12.6. The third kappa shape index (κ3) is 1.27. The summed E-state index contributed by atoms with van der Waals surface area (Å²) in [5.74, 6) is 1.13. The van der Waals surface area contributed by atoms with Crippen LogP contribution in [0.15, 0.2) is 18.2 Å². The van der Waals surface area contributed by atoms with Crippen molar-refractivity contribution in [2.45, 2.75) is 37.6 Å². The van der Waals surface area contributed by atoms with E-state index in [1.165, 1.54) is 11.1 Å². The quantitative estimate of drug-likeness (QED) is 0.799. The Labute approximate surface area is 108 Å². The van der Waals surface area contributed by atoms with Gasteiger partial charge in [-0.05, 0) is 42.5 Å². The number of hydrogen-bond donors (Lipinski definition) is 0. The highest BCUT2D eigenvalue weighted by Crippen LogP contribution is 2.48. The van der Waals surface area contributed by atoms with E-state index >= 15 is 0 Å². The summed E-state index contributed by atoms with van der Waals surface area (Å²) < 4.78 is 5.31. The molecule has 1 saturated heterocycles. The number of hydrogen-bond acceptors (Lipinski definition) is 2. The first-order valence-electron chi connectivity index (χ1n) is 6.57. The van der Waals surface area contributed by atoms with Crippen molar-refractivity contribution in [1.29, 1.82) is 0 Å². The summed E-state index contributed by atoms with van der Waals surface area (Å²) in [6.45, 7) is 2.11. The van der Waals surface area contributed by atoms with Crippen molar-refractivity contribution in [1.82, 2.24) is 4.90 Å². The Morgan fingerprint density at radius 1 is 1.50 bits per heavy atom. The van der Waals surface area contributed by atoms with E-state index in [1.54, 1.807) is 7.11 Å². The zero-order valence-corrected chi connectivity index (χ0v) is 11.2. The van der Waals surface area contributed by atoms with Crippen molar-refractivity contribution in [3.63, 3.8) is 0 Å². The fourth-order valence-corrected chi connectivity index (χ4v) is 3.61. The van der Waals surface area contributed by atoms with Gasteiger partial charge in [-0.1, -0.05) is 13.0 Å². The predicted octanol–water partition coefficient (Wildman–Crippen LogP) is 2.13. The lowest BCUT2D eigenvalue weighted by Crippen LogP contribution is -2.35. The average Bonchev–Trinajstić information content (AvgIpc) is 2.62. The Kier molecular flexibility index (Phi) is 2.40. The van der Waals surface area contributed by atoms with Gasteiger partial charge in [0.2, 0.25) is 5.91 Å². The lowest BCUT2D eigenvalue weighted by atomic mass is 9.69. The van der Waals surface area contributed by atoms with Gasteiger partial charge in [-0.25, -0.2) is 0 Å². The van der Waals surface area contributed by atoms with E-state index < -0.39 is 0 Å². The van der Waals surface area contributed by atoms with E-state index in [0.29, 0.717) is 6.04 Å². The fraction of sp³-hybridized carbons (Fsp3) is 0.533. The van der Waals surface area contributed by atoms with Gasteiger partial charge in [-0.2, -0.15) is 0 Å².